The summed E-state index contributed by atoms with van der Waals surface area (Å²) in [4.78, 5) is 16.0. The van der Waals surface area contributed by atoms with E-state index in [1.54, 1.807) is 33.3 Å². The largest absolute Gasteiger partial charge is 0.444 e. The van der Waals surface area contributed by atoms with Gasteiger partial charge in [0.25, 0.3) is 0 Å². The number of rotatable bonds is 6. The van der Waals surface area contributed by atoms with Crippen molar-refractivity contribution in [2.45, 2.75) is 65.1 Å². The average molecular weight is 297 g/mol. The van der Waals surface area contributed by atoms with Gasteiger partial charge in [-0.2, -0.15) is 0 Å². The second-order valence-corrected chi connectivity index (χ2v) is 6.08. The van der Waals surface area contributed by atoms with Crippen LogP contribution in [0.3, 0.4) is 0 Å². The third kappa shape index (κ3) is 5.04. The molecule has 0 bridgehead atoms. The molecular weight excluding hydrogens is 270 g/mol. The van der Waals surface area contributed by atoms with E-state index in [1.807, 2.05) is 4.57 Å². The minimum atomic E-state index is -0.570. The van der Waals surface area contributed by atoms with Crippen molar-refractivity contribution in [3.63, 3.8) is 0 Å². The number of carbonyl (C=O) groups excluding carboxylic acids is 1. The molecule has 0 aliphatic rings. The number of alkyl carbamates (subject to hydrolysis) is 1. The Labute approximate surface area is 126 Å². The number of imidazole rings is 1. The van der Waals surface area contributed by atoms with Crippen molar-refractivity contribution in [1.82, 2.24) is 14.9 Å². The van der Waals surface area contributed by atoms with Crippen molar-refractivity contribution in [1.29, 1.82) is 0 Å². The monoisotopic (exact) mass is 297 g/mol. The maximum absolute atomic E-state index is 11.9. The molecule has 6 heteroatoms. The van der Waals surface area contributed by atoms with Crippen LogP contribution in [0.5, 0.6) is 0 Å². The Morgan fingerprint density at radius 3 is 2.52 bits per heavy atom. The first-order valence-electron chi connectivity index (χ1n) is 7.44. The van der Waals surface area contributed by atoms with Gasteiger partial charge in [0.05, 0.1) is 30.9 Å². The second-order valence-electron chi connectivity index (χ2n) is 6.08. The van der Waals surface area contributed by atoms with Crippen molar-refractivity contribution < 1.29 is 14.6 Å². The normalized spacial score (nSPS) is 13.3. The summed E-state index contributed by atoms with van der Waals surface area (Å²) < 4.78 is 7.24. The number of nitrogens with one attached hydrogen (secondary N) is 1. The molecule has 0 fully saturated rings. The van der Waals surface area contributed by atoms with Gasteiger partial charge >= 0.3 is 6.09 Å². The Morgan fingerprint density at radius 1 is 1.43 bits per heavy atom. The van der Waals surface area contributed by atoms with Crippen LogP contribution >= 0.6 is 0 Å². The maximum Gasteiger partial charge on any atom is 0.408 e. The highest BCUT2D eigenvalue weighted by molar-refractivity contribution is 5.68. The lowest BCUT2D eigenvalue weighted by Crippen LogP contribution is -2.37. The molecule has 0 saturated carbocycles. The van der Waals surface area contributed by atoms with E-state index in [0.29, 0.717) is 6.04 Å². The Balaban J connectivity index is 2.86. The van der Waals surface area contributed by atoms with Gasteiger partial charge in [0.15, 0.2) is 0 Å². The van der Waals surface area contributed by atoms with Crippen molar-refractivity contribution >= 4 is 6.09 Å². The van der Waals surface area contributed by atoms with Crippen molar-refractivity contribution in [2.24, 2.45) is 0 Å². The highest BCUT2D eigenvalue weighted by atomic mass is 16.6. The minimum Gasteiger partial charge on any atom is -0.444 e. The first-order valence-corrected chi connectivity index (χ1v) is 7.44. The van der Waals surface area contributed by atoms with E-state index in [4.69, 9.17) is 4.74 Å². The van der Waals surface area contributed by atoms with Crippen LogP contribution in [-0.4, -0.2) is 33.0 Å². The van der Waals surface area contributed by atoms with Crippen LogP contribution in [0.1, 0.15) is 65.2 Å². The predicted octanol–water partition coefficient (Wildman–Crippen LogP) is 2.80. The number of aromatic nitrogens is 2. The molecule has 0 radical (unpaired) electrons. The number of carbonyl (C=O) groups is 1. The fourth-order valence-corrected chi connectivity index (χ4v) is 2.23. The molecule has 2 N–H and O–H groups in total. The van der Waals surface area contributed by atoms with Crippen LogP contribution < -0.4 is 5.32 Å². The summed E-state index contributed by atoms with van der Waals surface area (Å²) >= 11 is 0. The summed E-state index contributed by atoms with van der Waals surface area (Å²) in [6.07, 6.45) is 4.80. The van der Waals surface area contributed by atoms with Crippen molar-refractivity contribution in [2.75, 3.05) is 6.61 Å². The maximum atomic E-state index is 11.9. The smallest absolute Gasteiger partial charge is 0.408 e. The van der Waals surface area contributed by atoms with Gasteiger partial charge in [0.1, 0.15) is 5.60 Å². The number of hydrogen-bond donors (Lipinski definition) is 2. The summed E-state index contributed by atoms with van der Waals surface area (Å²) in [5, 5.41) is 12.3. The molecule has 1 atom stereocenters. The lowest BCUT2D eigenvalue weighted by Gasteiger charge is -2.25. The van der Waals surface area contributed by atoms with Gasteiger partial charge in [-0.05, 0) is 33.6 Å². The zero-order valence-corrected chi connectivity index (χ0v) is 13.6. The highest BCUT2D eigenvalue weighted by Crippen LogP contribution is 2.22. The summed E-state index contributed by atoms with van der Waals surface area (Å²) in [7, 11) is 0. The fraction of sp³-hybridized carbons (Fsp3) is 0.733. The summed E-state index contributed by atoms with van der Waals surface area (Å²) in [5.74, 6) is 0. The predicted molar refractivity (Wildman–Crippen MR) is 81.0 cm³/mol. The molecule has 1 heterocycles. The first kappa shape index (κ1) is 17.5. The van der Waals surface area contributed by atoms with Crippen LogP contribution in [-0.2, 0) is 4.74 Å². The van der Waals surface area contributed by atoms with E-state index in [1.165, 1.54) is 0 Å². The van der Waals surface area contributed by atoms with Gasteiger partial charge in [-0.3, -0.25) is 0 Å². The Hall–Kier alpha value is -1.56. The molecule has 1 aromatic heterocycles. The lowest BCUT2D eigenvalue weighted by atomic mass is 10.1. The third-order valence-corrected chi connectivity index (χ3v) is 3.26. The topological polar surface area (TPSA) is 76.4 Å². The van der Waals surface area contributed by atoms with Crippen LogP contribution in [0.25, 0.3) is 0 Å². The summed E-state index contributed by atoms with van der Waals surface area (Å²) in [6, 6.07) is -0.222. The lowest BCUT2D eigenvalue weighted by molar-refractivity contribution is 0.0478. The average Bonchev–Trinajstić information content (AvgIpc) is 2.84. The fourth-order valence-electron chi connectivity index (χ4n) is 2.23. The number of nitrogens with zero attached hydrogens (tertiary/aromatic N) is 2. The number of amides is 1. The molecule has 6 nitrogen and oxygen atoms in total. The molecule has 0 spiro atoms. The Bertz CT molecular complexity index is 447. The third-order valence-electron chi connectivity index (χ3n) is 3.26. The van der Waals surface area contributed by atoms with Gasteiger partial charge in [-0.25, -0.2) is 9.78 Å². The number of aliphatic hydroxyl groups is 1. The van der Waals surface area contributed by atoms with E-state index in [-0.39, 0.29) is 6.61 Å². The standard InChI is InChI=1S/C15H27N3O3/c1-6-11(7-2)18-10-16-8-13(18)12(9-19)17-14(20)21-15(3,4)5/h8,10-12,19H,6-7,9H2,1-5H3,(H,17,20). The summed E-state index contributed by atoms with van der Waals surface area (Å²) in [6.45, 7) is 9.41. The van der Waals surface area contributed by atoms with Crippen molar-refractivity contribution in [3.05, 3.63) is 18.2 Å². The minimum absolute atomic E-state index is 0.203. The zero-order valence-electron chi connectivity index (χ0n) is 13.6. The van der Waals surface area contributed by atoms with Gasteiger partial charge < -0.3 is 19.7 Å². The number of ether oxygens (including phenoxy) is 1. The Morgan fingerprint density at radius 2 is 2.05 bits per heavy atom. The van der Waals surface area contributed by atoms with E-state index in [2.05, 4.69) is 24.1 Å². The van der Waals surface area contributed by atoms with E-state index >= 15 is 0 Å². The highest BCUT2D eigenvalue weighted by Gasteiger charge is 2.23. The quantitative estimate of drug-likeness (QED) is 0.846. The van der Waals surface area contributed by atoms with Gasteiger partial charge in [0, 0.05) is 6.04 Å². The van der Waals surface area contributed by atoms with Crippen LogP contribution in [0, 0.1) is 0 Å². The molecule has 1 amide bonds. The Kier molecular flexibility index (Phi) is 6.20. The van der Waals surface area contributed by atoms with Gasteiger partial charge in [-0.1, -0.05) is 13.8 Å². The van der Waals surface area contributed by atoms with Crippen molar-refractivity contribution in [3.8, 4) is 0 Å². The molecule has 1 aromatic rings. The van der Waals surface area contributed by atoms with Crippen LogP contribution in [0.2, 0.25) is 0 Å². The van der Waals surface area contributed by atoms with E-state index < -0.39 is 17.7 Å². The van der Waals surface area contributed by atoms with E-state index in [0.717, 1.165) is 18.5 Å². The second kappa shape index (κ2) is 7.45. The molecule has 0 aliphatic heterocycles. The van der Waals surface area contributed by atoms with Gasteiger partial charge in [0.2, 0.25) is 0 Å². The molecule has 1 unspecified atom stereocenters. The molecule has 120 valence electrons. The van der Waals surface area contributed by atoms with Gasteiger partial charge in [-0.15, -0.1) is 0 Å². The molecule has 0 saturated heterocycles. The summed E-state index contributed by atoms with van der Waals surface area (Å²) in [5.41, 5.74) is 0.219. The van der Waals surface area contributed by atoms with Crippen LogP contribution in [0.15, 0.2) is 12.5 Å². The van der Waals surface area contributed by atoms with Crippen LogP contribution in [0.4, 0.5) is 4.79 Å². The molecule has 1 rings (SSSR count). The van der Waals surface area contributed by atoms with E-state index in [9.17, 15) is 9.90 Å². The number of aliphatic hydroxyl groups excluding tert-OH is 1. The zero-order chi connectivity index (χ0) is 16.0. The molecule has 0 aliphatic carbocycles. The first-order chi connectivity index (χ1) is 9.82. The molecule has 21 heavy (non-hydrogen) atoms. The number of hydrogen-bond acceptors (Lipinski definition) is 4. The molecule has 0 aromatic carbocycles. The SMILES string of the molecule is CCC(CC)n1cncc1C(CO)NC(=O)OC(C)(C)C. The molecular formula is C15H27N3O3.